The average Bonchev–Trinajstić information content (AvgIpc) is 3.14. The van der Waals surface area contributed by atoms with E-state index in [4.69, 9.17) is 21.6 Å². The number of rotatable bonds is 5. The minimum Gasteiger partial charge on any atom is -0.325 e. The fourth-order valence-corrected chi connectivity index (χ4v) is 4.98. The van der Waals surface area contributed by atoms with E-state index >= 15 is 0 Å². The summed E-state index contributed by atoms with van der Waals surface area (Å²) < 4.78 is 13.5. The maximum atomic E-state index is 13.5. The highest BCUT2D eigenvalue weighted by molar-refractivity contribution is 8.16. The summed E-state index contributed by atoms with van der Waals surface area (Å²) in [5, 5.41) is 4.27. The van der Waals surface area contributed by atoms with Crippen molar-refractivity contribution in [3.8, 4) is 0 Å². The van der Waals surface area contributed by atoms with Crippen LogP contribution < -0.4 is 5.32 Å². The second-order valence-electron chi connectivity index (χ2n) is 8.05. The third kappa shape index (κ3) is 5.05. The molecule has 1 spiro atoms. The first-order valence-corrected chi connectivity index (χ1v) is 12.1. The number of anilines is 1. The summed E-state index contributed by atoms with van der Waals surface area (Å²) >= 11 is 7.53. The van der Waals surface area contributed by atoms with Gasteiger partial charge in [0.25, 0.3) is 0 Å². The van der Waals surface area contributed by atoms with Gasteiger partial charge in [-0.2, -0.15) is 0 Å². The summed E-state index contributed by atoms with van der Waals surface area (Å²) in [6.07, 6.45) is 1.67. The number of hydrogen-bond acceptors (Lipinski definition) is 5. The molecule has 2 aliphatic rings. The van der Waals surface area contributed by atoms with Crippen molar-refractivity contribution < 1.29 is 9.18 Å². The summed E-state index contributed by atoms with van der Waals surface area (Å²) in [6.45, 7) is 6.92. The van der Waals surface area contributed by atoms with Crippen LogP contribution in [-0.4, -0.2) is 52.6 Å². The van der Waals surface area contributed by atoms with Gasteiger partial charge in [0, 0.05) is 42.2 Å². The van der Waals surface area contributed by atoms with Crippen molar-refractivity contribution >= 4 is 45.7 Å². The number of likely N-dealkylation sites (tertiary alicyclic amines) is 1. The molecular weight excluding hydrogens is 447 g/mol. The lowest BCUT2D eigenvalue weighted by Gasteiger charge is -2.34. The summed E-state index contributed by atoms with van der Waals surface area (Å²) in [5.41, 5.74) is 2.61. The second-order valence-corrected chi connectivity index (χ2v) is 9.42. The molecule has 0 unspecified atom stereocenters. The predicted molar refractivity (Wildman–Crippen MR) is 132 cm³/mol. The number of benzene rings is 2. The first-order valence-electron chi connectivity index (χ1n) is 10.8. The lowest BCUT2D eigenvalue weighted by molar-refractivity contribution is -0.113. The van der Waals surface area contributed by atoms with E-state index in [9.17, 15) is 9.18 Å². The van der Waals surface area contributed by atoms with E-state index in [0.29, 0.717) is 10.7 Å². The molecule has 32 heavy (non-hydrogen) atoms. The van der Waals surface area contributed by atoms with Gasteiger partial charge in [-0.05, 0) is 55.4 Å². The number of carbonyl (C=O) groups excluding carboxylic acids is 1. The zero-order valence-corrected chi connectivity index (χ0v) is 19.8. The zero-order chi connectivity index (χ0) is 22.7. The third-order valence-corrected chi connectivity index (χ3v) is 7.31. The van der Waals surface area contributed by atoms with Crippen molar-refractivity contribution in [2.75, 3.05) is 30.7 Å². The van der Waals surface area contributed by atoms with Crippen LogP contribution in [0.2, 0.25) is 5.02 Å². The van der Waals surface area contributed by atoms with Crippen molar-refractivity contribution in [3.63, 3.8) is 0 Å². The highest BCUT2D eigenvalue weighted by Crippen LogP contribution is 2.35. The van der Waals surface area contributed by atoms with Crippen LogP contribution in [0.5, 0.6) is 0 Å². The lowest BCUT2D eigenvalue weighted by atomic mass is 9.98. The highest BCUT2D eigenvalue weighted by atomic mass is 35.5. The highest BCUT2D eigenvalue weighted by Gasteiger charge is 2.39. The van der Waals surface area contributed by atoms with Crippen LogP contribution in [0.3, 0.4) is 0 Å². The van der Waals surface area contributed by atoms with Crippen molar-refractivity contribution in [2.24, 2.45) is 9.98 Å². The molecule has 2 aromatic rings. The molecule has 2 heterocycles. The molecule has 1 saturated heterocycles. The van der Waals surface area contributed by atoms with E-state index in [0.717, 1.165) is 54.4 Å². The SMILES string of the molecule is CCN1CCC2(CC1)N=C(SCC(=O)Nc1cccc(Cl)c1C)C(c1ccc(F)cc1)=N2. The van der Waals surface area contributed by atoms with E-state index in [1.54, 1.807) is 18.2 Å². The van der Waals surface area contributed by atoms with E-state index in [-0.39, 0.29) is 17.5 Å². The number of thioether (sulfide) groups is 1. The smallest absolute Gasteiger partial charge is 0.234 e. The Morgan fingerprint density at radius 3 is 2.59 bits per heavy atom. The van der Waals surface area contributed by atoms with E-state index < -0.39 is 5.66 Å². The molecule has 1 fully saturated rings. The Bertz CT molecular complexity index is 1060. The van der Waals surface area contributed by atoms with Crippen molar-refractivity contribution in [3.05, 3.63) is 64.4 Å². The van der Waals surface area contributed by atoms with Crippen LogP contribution in [0, 0.1) is 12.7 Å². The molecule has 0 aromatic heterocycles. The molecule has 168 valence electrons. The molecule has 1 amide bonds. The molecule has 0 aliphatic carbocycles. The van der Waals surface area contributed by atoms with Gasteiger partial charge in [0.2, 0.25) is 5.91 Å². The number of carbonyl (C=O) groups is 1. The minimum absolute atomic E-state index is 0.136. The Morgan fingerprint density at radius 1 is 1.19 bits per heavy atom. The van der Waals surface area contributed by atoms with E-state index in [1.165, 1.54) is 23.9 Å². The van der Waals surface area contributed by atoms with Gasteiger partial charge in [-0.15, -0.1) is 0 Å². The molecule has 8 heteroatoms. The molecule has 0 radical (unpaired) electrons. The lowest BCUT2D eigenvalue weighted by Crippen LogP contribution is -2.41. The molecule has 0 atom stereocenters. The molecule has 5 nitrogen and oxygen atoms in total. The molecule has 2 aliphatic heterocycles. The number of aliphatic imine (C=N–C) groups is 2. The van der Waals surface area contributed by atoms with Gasteiger partial charge in [-0.3, -0.25) is 9.79 Å². The Hall–Kier alpha value is -2.22. The van der Waals surface area contributed by atoms with Gasteiger partial charge in [-0.25, -0.2) is 9.38 Å². The fourth-order valence-electron chi connectivity index (χ4n) is 3.93. The van der Waals surface area contributed by atoms with Crippen LogP contribution >= 0.6 is 23.4 Å². The molecule has 0 saturated carbocycles. The topological polar surface area (TPSA) is 57.1 Å². The largest absolute Gasteiger partial charge is 0.325 e. The molecule has 0 bridgehead atoms. The quantitative estimate of drug-likeness (QED) is 0.652. The second kappa shape index (κ2) is 9.73. The van der Waals surface area contributed by atoms with E-state index in [2.05, 4.69) is 17.1 Å². The number of hydrogen-bond donors (Lipinski definition) is 1. The van der Waals surface area contributed by atoms with Gasteiger partial charge in [-0.1, -0.05) is 36.4 Å². The van der Waals surface area contributed by atoms with Gasteiger partial charge in [0.05, 0.1) is 11.5 Å². The molecular formula is C24H26ClFN4OS. The number of nitrogens with one attached hydrogen (secondary N) is 1. The maximum absolute atomic E-state index is 13.5. The summed E-state index contributed by atoms with van der Waals surface area (Å²) in [5.74, 6) is -0.230. The van der Waals surface area contributed by atoms with Gasteiger partial charge < -0.3 is 10.2 Å². The van der Waals surface area contributed by atoms with Crippen molar-refractivity contribution in [1.82, 2.24) is 4.90 Å². The number of piperidine rings is 1. The van der Waals surface area contributed by atoms with Crippen LogP contribution in [0.15, 0.2) is 52.4 Å². The van der Waals surface area contributed by atoms with Crippen molar-refractivity contribution in [2.45, 2.75) is 32.4 Å². The van der Waals surface area contributed by atoms with Crippen LogP contribution in [0.1, 0.15) is 30.9 Å². The molecule has 1 N–H and O–H groups in total. The van der Waals surface area contributed by atoms with Crippen LogP contribution in [0.4, 0.5) is 10.1 Å². The Kier molecular flexibility index (Phi) is 6.98. The normalized spacial score (nSPS) is 17.9. The predicted octanol–water partition coefficient (Wildman–Crippen LogP) is 5.17. The average molecular weight is 473 g/mol. The summed E-state index contributed by atoms with van der Waals surface area (Å²) in [7, 11) is 0. The number of amides is 1. The van der Waals surface area contributed by atoms with Crippen molar-refractivity contribution in [1.29, 1.82) is 0 Å². The van der Waals surface area contributed by atoms with Gasteiger partial charge >= 0.3 is 0 Å². The standard InChI is InChI=1S/C24H26ClFN4OS/c1-3-30-13-11-24(12-14-30)28-22(17-7-9-18(26)10-8-17)23(29-24)32-15-21(31)27-20-6-4-5-19(25)16(20)2/h4-10H,3,11-15H2,1-2H3,(H,27,31). The number of nitrogens with zero attached hydrogens (tertiary/aromatic N) is 3. The first kappa shape index (κ1) is 23.0. The zero-order valence-electron chi connectivity index (χ0n) is 18.2. The summed E-state index contributed by atoms with van der Waals surface area (Å²) in [6, 6.07) is 11.7. The van der Waals surface area contributed by atoms with Gasteiger partial charge in [0.1, 0.15) is 10.9 Å². The first-order chi connectivity index (χ1) is 15.4. The molecule has 2 aromatic carbocycles. The summed E-state index contributed by atoms with van der Waals surface area (Å²) in [4.78, 5) is 25.0. The van der Waals surface area contributed by atoms with Crippen LogP contribution in [-0.2, 0) is 4.79 Å². The Balaban J connectivity index is 1.51. The number of halogens is 2. The third-order valence-electron chi connectivity index (χ3n) is 5.94. The monoisotopic (exact) mass is 472 g/mol. The fraction of sp³-hybridized carbons (Fsp3) is 0.375. The minimum atomic E-state index is -0.488. The Morgan fingerprint density at radius 2 is 1.91 bits per heavy atom. The Labute approximate surface area is 197 Å². The maximum Gasteiger partial charge on any atom is 0.234 e. The molecule has 4 rings (SSSR count). The van der Waals surface area contributed by atoms with Gasteiger partial charge in [0.15, 0.2) is 5.66 Å². The van der Waals surface area contributed by atoms with E-state index in [1.807, 2.05) is 19.1 Å². The van der Waals surface area contributed by atoms with Crippen LogP contribution in [0.25, 0.3) is 0 Å².